The highest BCUT2D eigenvalue weighted by Crippen LogP contribution is 2.36. The summed E-state index contributed by atoms with van der Waals surface area (Å²) in [4.78, 5) is 36.8. The van der Waals surface area contributed by atoms with Crippen molar-refractivity contribution < 1.29 is 14.4 Å². The number of hydrogen-bond acceptors (Lipinski definition) is 3. The van der Waals surface area contributed by atoms with Crippen molar-refractivity contribution in [1.29, 1.82) is 0 Å². The first kappa shape index (κ1) is 14.8. The van der Waals surface area contributed by atoms with E-state index in [4.69, 9.17) is 5.73 Å². The van der Waals surface area contributed by atoms with Crippen LogP contribution in [-0.4, -0.2) is 17.7 Å². The standard InChI is InChI=1S/C17H15N3O3/c18-15(21)16(22)19-14-12-8-4-5-9-13(12)20(17(14)23)10-11-6-2-1-3-7-11/h1-9,14H,10H2,(H2,18,21)(H,19,22). The highest BCUT2D eigenvalue weighted by Gasteiger charge is 2.38. The predicted octanol–water partition coefficient (Wildman–Crippen LogP) is 0.876. The number of amides is 3. The second-order valence-corrected chi connectivity index (χ2v) is 5.24. The number of carbonyl (C=O) groups is 3. The summed E-state index contributed by atoms with van der Waals surface area (Å²) in [6.45, 7) is 0.389. The molecule has 0 radical (unpaired) electrons. The topological polar surface area (TPSA) is 92.5 Å². The smallest absolute Gasteiger partial charge is 0.309 e. The largest absolute Gasteiger partial charge is 0.361 e. The van der Waals surface area contributed by atoms with E-state index in [9.17, 15) is 14.4 Å². The van der Waals surface area contributed by atoms with Crippen molar-refractivity contribution in [3.05, 3.63) is 65.7 Å². The van der Waals surface area contributed by atoms with Crippen molar-refractivity contribution in [3.8, 4) is 0 Å². The number of anilines is 1. The Bertz CT molecular complexity index is 774. The molecule has 3 amide bonds. The van der Waals surface area contributed by atoms with E-state index in [0.29, 0.717) is 12.1 Å². The van der Waals surface area contributed by atoms with Gasteiger partial charge in [-0.25, -0.2) is 0 Å². The van der Waals surface area contributed by atoms with Crippen molar-refractivity contribution in [2.24, 2.45) is 5.73 Å². The van der Waals surface area contributed by atoms with Crippen LogP contribution in [0.2, 0.25) is 0 Å². The summed E-state index contributed by atoms with van der Waals surface area (Å²) in [5, 5.41) is 2.40. The van der Waals surface area contributed by atoms with Crippen LogP contribution in [0.25, 0.3) is 0 Å². The van der Waals surface area contributed by atoms with Gasteiger partial charge in [0.2, 0.25) is 0 Å². The Hall–Kier alpha value is -3.15. The van der Waals surface area contributed by atoms with E-state index in [-0.39, 0.29) is 5.91 Å². The van der Waals surface area contributed by atoms with Crippen LogP contribution >= 0.6 is 0 Å². The van der Waals surface area contributed by atoms with Crippen molar-refractivity contribution in [2.75, 3.05) is 4.90 Å². The molecule has 0 aromatic heterocycles. The molecule has 6 nitrogen and oxygen atoms in total. The molecule has 0 fully saturated rings. The molecule has 2 aromatic rings. The maximum atomic E-state index is 12.7. The molecule has 0 saturated heterocycles. The molecular weight excluding hydrogens is 294 g/mol. The van der Waals surface area contributed by atoms with Crippen molar-refractivity contribution in [1.82, 2.24) is 5.32 Å². The lowest BCUT2D eigenvalue weighted by molar-refractivity contribution is -0.138. The van der Waals surface area contributed by atoms with E-state index in [1.807, 2.05) is 42.5 Å². The summed E-state index contributed by atoms with van der Waals surface area (Å²) in [7, 11) is 0. The molecular formula is C17H15N3O3. The first-order valence-corrected chi connectivity index (χ1v) is 7.12. The maximum Gasteiger partial charge on any atom is 0.309 e. The highest BCUT2D eigenvalue weighted by molar-refractivity contribution is 6.35. The van der Waals surface area contributed by atoms with Gasteiger partial charge in [0.05, 0.1) is 6.54 Å². The van der Waals surface area contributed by atoms with E-state index in [0.717, 1.165) is 11.3 Å². The second-order valence-electron chi connectivity index (χ2n) is 5.24. The molecule has 0 aliphatic carbocycles. The number of para-hydroxylation sites is 1. The third kappa shape index (κ3) is 2.78. The van der Waals surface area contributed by atoms with Gasteiger partial charge < -0.3 is 16.0 Å². The number of rotatable bonds is 3. The van der Waals surface area contributed by atoms with Gasteiger partial charge in [0.15, 0.2) is 0 Å². The second kappa shape index (κ2) is 5.92. The minimum Gasteiger partial charge on any atom is -0.361 e. The fourth-order valence-corrected chi connectivity index (χ4v) is 2.66. The van der Waals surface area contributed by atoms with E-state index in [2.05, 4.69) is 5.32 Å². The Morgan fingerprint density at radius 3 is 2.39 bits per heavy atom. The van der Waals surface area contributed by atoms with Gasteiger partial charge in [-0.3, -0.25) is 14.4 Å². The molecule has 3 rings (SSSR count). The Morgan fingerprint density at radius 2 is 1.70 bits per heavy atom. The SMILES string of the molecule is NC(=O)C(=O)NC1C(=O)N(Cc2ccccc2)c2ccccc21. The molecule has 1 aliphatic heterocycles. The van der Waals surface area contributed by atoms with Crippen LogP contribution in [0.5, 0.6) is 0 Å². The summed E-state index contributed by atoms with van der Waals surface area (Å²) in [5.74, 6) is -2.37. The summed E-state index contributed by atoms with van der Waals surface area (Å²) >= 11 is 0. The lowest BCUT2D eigenvalue weighted by atomic mass is 10.1. The number of benzene rings is 2. The highest BCUT2D eigenvalue weighted by atomic mass is 16.2. The summed E-state index contributed by atoms with van der Waals surface area (Å²) in [6, 6.07) is 15.8. The fraction of sp³-hybridized carbons (Fsp3) is 0.118. The van der Waals surface area contributed by atoms with Gasteiger partial charge in [-0.15, -0.1) is 0 Å². The summed E-state index contributed by atoms with van der Waals surface area (Å²) in [5.41, 5.74) is 7.31. The van der Waals surface area contributed by atoms with Crippen LogP contribution < -0.4 is 16.0 Å². The third-order valence-electron chi connectivity index (χ3n) is 3.73. The zero-order chi connectivity index (χ0) is 16.4. The van der Waals surface area contributed by atoms with Crippen LogP contribution in [0, 0.1) is 0 Å². The van der Waals surface area contributed by atoms with E-state index >= 15 is 0 Å². The van der Waals surface area contributed by atoms with Crippen LogP contribution in [-0.2, 0) is 20.9 Å². The predicted molar refractivity (Wildman–Crippen MR) is 84.2 cm³/mol. The van der Waals surface area contributed by atoms with Crippen LogP contribution in [0.15, 0.2) is 54.6 Å². The zero-order valence-electron chi connectivity index (χ0n) is 12.2. The monoisotopic (exact) mass is 309 g/mol. The maximum absolute atomic E-state index is 12.7. The van der Waals surface area contributed by atoms with Crippen LogP contribution in [0.3, 0.4) is 0 Å². The summed E-state index contributed by atoms with van der Waals surface area (Å²) in [6.07, 6.45) is 0. The molecule has 0 spiro atoms. The molecule has 1 unspecified atom stereocenters. The van der Waals surface area contributed by atoms with Crippen LogP contribution in [0.1, 0.15) is 17.2 Å². The van der Waals surface area contributed by atoms with E-state index in [1.54, 1.807) is 17.0 Å². The molecule has 3 N–H and O–H groups in total. The van der Waals surface area contributed by atoms with Gasteiger partial charge >= 0.3 is 11.8 Å². The number of nitrogens with two attached hydrogens (primary N) is 1. The molecule has 23 heavy (non-hydrogen) atoms. The first-order chi connectivity index (χ1) is 11.1. The van der Waals surface area contributed by atoms with Gasteiger partial charge in [-0.05, 0) is 11.6 Å². The Kier molecular flexibility index (Phi) is 3.80. The lowest BCUT2D eigenvalue weighted by Gasteiger charge is -2.18. The summed E-state index contributed by atoms with van der Waals surface area (Å²) < 4.78 is 0. The number of carbonyl (C=O) groups excluding carboxylic acids is 3. The lowest BCUT2D eigenvalue weighted by Crippen LogP contribution is -2.42. The normalized spacial score (nSPS) is 16.1. The molecule has 6 heteroatoms. The van der Waals surface area contributed by atoms with Crippen molar-refractivity contribution in [2.45, 2.75) is 12.6 Å². The number of primary amides is 1. The average Bonchev–Trinajstić information content (AvgIpc) is 2.82. The Balaban J connectivity index is 1.92. The third-order valence-corrected chi connectivity index (χ3v) is 3.73. The van der Waals surface area contributed by atoms with Crippen LogP contribution in [0.4, 0.5) is 5.69 Å². The Morgan fingerprint density at radius 1 is 1.04 bits per heavy atom. The number of fused-ring (bicyclic) bond motifs is 1. The van der Waals surface area contributed by atoms with E-state index in [1.165, 1.54) is 0 Å². The first-order valence-electron chi connectivity index (χ1n) is 7.12. The average molecular weight is 309 g/mol. The fourth-order valence-electron chi connectivity index (χ4n) is 2.66. The Labute approximate surface area is 132 Å². The minimum absolute atomic E-state index is 0.287. The number of nitrogens with zero attached hydrogens (tertiary/aromatic N) is 1. The molecule has 1 atom stereocenters. The molecule has 0 bridgehead atoms. The molecule has 1 aliphatic rings. The van der Waals surface area contributed by atoms with E-state index < -0.39 is 17.9 Å². The molecule has 2 aromatic carbocycles. The number of hydrogen-bond donors (Lipinski definition) is 2. The van der Waals surface area contributed by atoms with Gasteiger partial charge in [-0.1, -0.05) is 48.5 Å². The zero-order valence-corrected chi connectivity index (χ0v) is 12.2. The van der Waals surface area contributed by atoms with Gasteiger partial charge in [0, 0.05) is 11.3 Å². The van der Waals surface area contributed by atoms with Gasteiger partial charge in [0.25, 0.3) is 5.91 Å². The molecule has 116 valence electrons. The van der Waals surface area contributed by atoms with Crippen molar-refractivity contribution in [3.63, 3.8) is 0 Å². The molecule has 0 saturated carbocycles. The molecule has 1 heterocycles. The number of nitrogens with one attached hydrogen (secondary N) is 1. The van der Waals surface area contributed by atoms with Crippen molar-refractivity contribution >= 4 is 23.4 Å². The minimum atomic E-state index is -1.11. The van der Waals surface area contributed by atoms with Gasteiger partial charge in [-0.2, -0.15) is 0 Å². The van der Waals surface area contributed by atoms with Gasteiger partial charge in [0.1, 0.15) is 6.04 Å². The quantitative estimate of drug-likeness (QED) is 0.824.